The van der Waals surface area contributed by atoms with Gasteiger partial charge in [0, 0.05) is 19.4 Å². The van der Waals surface area contributed by atoms with Gasteiger partial charge in [0.05, 0.1) is 6.61 Å². The lowest BCUT2D eigenvalue weighted by Crippen LogP contribution is -2.30. The summed E-state index contributed by atoms with van der Waals surface area (Å²) in [4.78, 5) is 25.5. The van der Waals surface area contributed by atoms with Gasteiger partial charge in [0.25, 0.3) is 0 Å². The van der Waals surface area contributed by atoms with Gasteiger partial charge in [-0.15, -0.1) is 0 Å². The maximum atomic E-state index is 12.9. The van der Waals surface area contributed by atoms with Gasteiger partial charge < -0.3 is 14.2 Å². The van der Waals surface area contributed by atoms with Gasteiger partial charge in [-0.05, 0) is 19.3 Å². The number of hydrogen-bond donors (Lipinski definition) is 0. The molecule has 0 heterocycles. The van der Waals surface area contributed by atoms with Gasteiger partial charge in [-0.1, -0.05) is 303 Å². The number of rotatable bonds is 55. The molecule has 0 aromatic carbocycles. The normalized spacial score (nSPS) is 12.0. The molecule has 0 aliphatic heterocycles. The highest BCUT2D eigenvalue weighted by Gasteiger charge is 2.17. The highest BCUT2D eigenvalue weighted by Crippen LogP contribution is 2.18. The van der Waals surface area contributed by atoms with E-state index in [1.807, 2.05) is 0 Å². The second-order valence-corrected chi connectivity index (χ2v) is 19.9. The highest BCUT2D eigenvalue weighted by atomic mass is 16.6. The molecule has 376 valence electrons. The molecular formula is C58H114O5. The molecule has 0 saturated heterocycles. The van der Waals surface area contributed by atoms with E-state index < -0.39 is 6.10 Å². The molecule has 0 saturated carbocycles. The monoisotopic (exact) mass is 891 g/mol. The van der Waals surface area contributed by atoms with Crippen molar-refractivity contribution in [2.24, 2.45) is 0 Å². The molecule has 1 atom stereocenters. The van der Waals surface area contributed by atoms with Gasteiger partial charge in [-0.3, -0.25) is 9.59 Å². The maximum absolute atomic E-state index is 12.9. The van der Waals surface area contributed by atoms with Crippen molar-refractivity contribution in [3.8, 4) is 0 Å². The number of carbonyl (C=O) groups is 2. The Morgan fingerprint density at radius 3 is 0.810 bits per heavy atom. The first-order chi connectivity index (χ1) is 31.1. The molecule has 0 aromatic rings. The van der Waals surface area contributed by atoms with Crippen LogP contribution in [0.3, 0.4) is 0 Å². The summed E-state index contributed by atoms with van der Waals surface area (Å²) in [6.45, 7) is 7.92. The summed E-state index contributed by atoms with van der Waals surface area (Å²) >= 11 is 0. The Bertz CT molecular complexity index is 875. The zero-order valence-corrected chi connectivity index (χ0v) is 43.4. The van der Waals surface area contributed by atoms with Crippen molar-refractivity contribution in [3.05, 3.63) is 0 Å². The summed E-state index contributed by atoms with van der Waals surface area (Å²) in [5.41, 5.74) is 0. The third kappa shape index (κ3) is 53.4. The Morgan fingerprint density at radius 1 is 0.286 bits per heavy atom. The molecule has 0 N–H and O–H groups in total. The minimum Gasteiger partial charge on any atom is -0.462 e. The summed E-state index contributed by atoms with van der Waals surface area (Å²) in [5.74, 6) is -0.366. The van der Waals surface area contributed by atoms with Crippen molar-refractivity contribution in [2.75, 3.05) is 19.8 Å². The molecule has 0 aliphatic rings. The smallest absolute Gasteiger partial charge is 0.306 e. The molecule has 0 rings (SSSR count). The zero-order chi connectivity index (χ0) is 45.6. The van der Waals surface area contributed by atoms with Crippen LogP contribution in [0, 0.1) is 0 Å². The van der Waals surface area contributed by atoms with E-state index in [0.717, 1.165) is 32.1 Å². The molecule has 0 amide bonds. The maximum Gasteiger partial charge on any atom is 0.306 e. The summed E-state index contributed by atoms with van der Waals surface area (Å²) < 4.78 is 17.5. The fourth-order valence-electron chi connectivity index (χ4n) is 9.04. The van der Waals surface area contributed by atoms with E-state index in [1.165, 1.54) is 270 Å². The second kappa shape index (κ2) is 55.2. The molecule has 0 unspecified atom stereocenters. The fraction of sp³-hybridized carbons (Fsp3) is 0.966. The first-order valence-corrected chi connectivity index (χ1v) is 29.1. The number of unbranched alkanes of at least 4 members (excludes halogenated alkanes) is 44. The Hall–Kier alpha value is -1.10. The lowest BCUT2D eigenvalue weighted by atomic mass is 10.0. The number of esters is 2. The molecule has 0 aromatic heterocycles. The third-order valence-corrected chi connectivity index (χ3v) is 13.4. The lowest BCUT2D eigenvalue weighted by Gasteiger charge is -2.18. The van der Waals surface area contributed by atoms with Gasteiger partial charge in [-0.25, -0.2) is 0 Å². The summed E-state index contributed by atoms with van der Waals surface area (Å²) in [5, 5.41) is 0. The van der Waals surface area contributed by atoms with E-state index in [4.69, 9.17) is 14.2 Å². The average molecular weight is 892 g/mol. The third-order valence-electron chi connectivity index (χ3n) is 13.4. The van der Waals surface area contributed by atoms with E-state index in [9.17, 15) is 9.59 Å². The summed E-state index contributed by atoms with van der Waals surface area (Å²) in [6, 6.07) is 0. The standard InChI is InChI=1S/C58H114O5/c1-4-7-10-13-16-19-22-25-27-29-30-31-32-34-37-40-43-46-49-52-58(60)63-56(55-62-57(59)51-48-45-42-39-36-24-21-18-15-12-9-6-3)54-61-53-50-47-44-41-38-35-33-28-26-23-20-17-14-11-8-5-2/h56H,4-55H2,1-3H3/t56-/m1/s1. The molecule has 0 aliphatic carbocycles. The Morgan fingerprint density at radius 2 is 0.524 bits per heavy atom. The Kier molecular flexibility index (Phi) is 54.3. The van der Waals surface area contributed by atoms with Gasteiger partial charge in [-0.2, -0.15) is 0 Å². The molecule has 0 spiro atoms. The quantitative estimate of drug-likeness (QED) is 0.0450. The van der Waals surface area contributed by atoms with Crippen LogP contribution in [0.2, 0.25) is 0 Å². The van der Waals surface area contributed by atoms with E-state index in [-0.39, 0.29) is 18.5 Å². The molecule has 0 bridgehead atoms. The molecule has 63 heavy (non-hydrogen) atoms. The van der Waals surface area contributed by atoms with Crippen LogP contribution in [0.15, 0.2) is 0 Å². The van der Waals surface area contributed by atoms with Crippen molar-refractivity contribution in [1.82, 2.24) is 0 Å². The summed E-state index contributed by atoms with van der Waals surface area (Å²) in [6.07, 6.45) is 62.7. The molecular weight excluding hydrogens is 777 g/mol. The SMILES string of the molecule is CCCCCCCCCCCCCCCCCCCCCC(=O)O[C@H](COCCCCCCCCCCCCCCCCCC)COC(=O)CCCCCCCCCCCCCC. The van der Waals surface area contributed by atoms with Gasteiger partial charge in [0.1, 0.15) is 6.61 Å². The van der Waals surface area contributed by atoms with Crippen molar-refractivity contribution >= 4 is 11.9 Å². The van der Waals surface area contributed by atoms with Crippen LogP contribution in [0.5, 0.6) is 0 Å². The van der Waals surface area contributed by atoms with Crippen LogP contribution in [0.25, 0.3) is 0 Å². The average Bonchev–Trinajstić information content (AvgIpc) is 3.28. The van der Waals surface area contributed by atoms with Crippen LogP contribution in [-0.4, -0.2) is 37.9 Å². The Balaban J connectivity index is 4.15. The molecule has 0 radical (unpaired) electrons. The predicted octanol–water partition coefficient (Wildman–Crippen LogP) is 19.6. The molecule has 5 nitrogen and oxygen atoms in total. The Labute approximate surface area is 395 Å². The van der Waals surface area contributed by atoms with Crippen LogP contribution < -0.4 is 0 Å². The van der Waals surface area contributed by atoms with Crippen LogP contribution in [0.1, 0.15) is 335 Å². The van der Waals surface area contributed by atoms with Crippen LogP contribution >= 0.6 is 0 Å². The van der Waals surface area contributed by atoms with Crippen molar-refractivity contribution in [2.45, 2.75) is 341 Å². The number of carbonyl (C=O) groups excluding carboxylic acids is 2. The zero-order valence-electron chi connectivity index (χ0n) is 43.4. The van der Waals surface area contributed by atoms with Crippen LogP contribution in [-0.2, 0) is 23.8 Å². The highest BCUT2D eigenvalue weighted by molar-refractivity contribution is 5.70. The minimum atomic E-state index is -0.523. The lowest BCUT2D eigenvalue weighted by molar-refractivity contribution is -0.163. The van der Waals surface area contributed by atoms with E-state index in [0.29, 0.717) is 26.1 Å². The minimum absolute atomic E-state index is 0.0982. The van der Waals surface area contributed by atoms with Crippen molar-refractivity contribution < 1.29 is 23.8 Å². The predicted molar refractivity (Wildman–Crippen MR) is 275 cm³/mol. The van der Waals surface area contributed by atoms with Crippen molar-refractivity contribution in [3.63, 3.8) is 0 Å². The van der Waals surface area contributed by atoms with Gasteiger partial charge >= 0.3 is 11.9 Å². The van der Waals surface area contributed by atoms with E-state index in [1.54, 1.807) is 0 Å². The number of hydrogen-bond acceptors (Lipinski definition) is 5. The van der Waals surface area contributed by atoms with Gasteiger partial charge in [0.15, 0.2) is 6.10 Å². The summed E-state index contributed by atoms with van der Waals surface area (Å²) in [7, 11) is 0. The molecule has 0 fully saturated rings. The van der Waals surface area contributed by atoms with E-state index >= 15 is 0 Å². The van der Waals surface area contributed by atoms with E-state index in [2.05, 4.69) is 20.8 Å². The van der Waals surface area contributed by atoms with Crippen molar-refractivity contribution in [1.29, 1.82) is 0 Å². The second-order valence-electron chi connectivity index (χ2n) is 19.9. The topological polar surface area (TPSA) is 61.8 Å². The van der Waals surface area contributed by atoms with Gasteiger partial charge in [0.2, 0.25) is 0 Å². The van der Waals surface area contributed by atoms with Crippen LogP contribution in [0.4, 0.5) is 0 Å². The fourth-order valence-corrected chi connectivity index (χ4v) is 9.04. The first-order valence-electron chi connectivity index (χ1n) is 29.1. The number of ether oxygens (including phenoxy) is 3. The first kappa shape index (κ1) is 61.9. The molecule has 5 heteroatoms. The largest absolute Gasteiger partial charge is 0.462 e.